The Labute approximate surface area is 135 Å². The van der Waals surface area contributed by atoms with Crippen LogP contribution >= 0.6 is 35.2 Å². The molecular weight excluding hydrogens is 399 g/mol. The molecule has 0 aliphatic carbocycles. The molecule has 2 amide bonds. The largest absolute Gasteiger partial charge is 0.481 e. The van der Waals surface area contributed by atoms with Crippen LogP contribution in [0.3, 0.4) is 0 Å². The molecule has 0 radical (unpaired) electrons. The molecule has 0 aromatic rings. The molecule has 114 valence electrons. The van der Waals surface area contributed by atoms with Gasteiger partial charge in [0, 0.05) is 13.0 Å². The quantitative estimate of drug-likeness (QED) is 0.175. The molecule has 0 aromatic carbocycles. The number of halogens is 1. The van der Waals surface area contributed by atoms with Crippen LogP contribution in [0.25, 0.3) is 0 Å². The highest BCUT2D eigenvalue weighted by molar-refractivity contribution is 14.1. The predicted octanol–water partition coefficient (Wildman–Crippen LogP) is 0.124. The molecule has 0 spiro atoms. The topological polar surface area (TPSA) is 113 Å². The van der Waals surface area contributed by atoms with Crippen LogP contribution in [0.4, 0.5) is 0 Å². The monoisotopic (exact) mass is 416 g/mol. The van der Waals surface area contributed by atoms with Crippen molar-refractivity contribution in [2.75, 3.05) is 13.1 Å². The van der Waals surface area contributed by atoms with Crippen molar-refractivity contribution in [3.63, 3.8) is 0 Å². The van der Waals surface area contributed by atoms with E-state index in [-0.39, 0.29) is 24.0 Å². The SMILES string of the molecule is O=C(O)CC(I)C(=O)NCC(=O)NCCCCC(=O)S. The minimum Gasteiger partial charge on any atom is -0.481 e. The highest BCUT2D eigenvalue weighted by Gasteiger charge is 2.18. The lowest BCUT2D eigenvalue weighted by Gasteiger charge is -2.09. The molecule has 20 heavy (non-hydrogen) atoms. The van der Waals surface area contributed by atoms with E-state index in [1.54, 1.807) is 22.6 Å². The summed E-state index contributed by atoms with van der Waals surface area (Å²) in [6.45, 7) is 0.224. The van der Waals surface area contributed by atoms with Gasteiger partial charge in [-0.1, -0.05) is 22.6 Å². The summed E-state index contributed by atoms with van der Waals surface area (Å²) in [5, 5.41) is 13.3. The number of carbonyl (C=O) groups is 4. The van der Waals surface area contributed by atoms with Gasteiger partial charge >= 0.3 is 5.97 Å². The summed E-state index contributed by atoms with van der Waals surface area (Å²) in [6.07, 6.45) is 1.37. The fourth-order valence-electron chi connectivity index (χ4n) is 1.22. The third-order valence-corrected chi connectivity index (χ3v) is 3.43. The summed E-state index contributed by atoms with van der Waals surface area (Å²) in [5.41, 5.74) is 0. The minimum atomic E-state index is -1.07. The Morgan fingerprint density at radius 3 is 2.35 bits per heavy atom. The van der Waals surface area contributed by atoms with E-state index < -0.39 is 15.8 Å². The molecule has 0 rings (SSSR count). The second kappa shape index (κ2) is 10.9. The summed E-state index contributed by atoms with van der Waals surface area (Å²) >= 11 is 5.33. The van der Waals surface area contributed by atoms with Gasteiger partial charge in [-0.05, 0) is 12.8 Å². The lowest BCUT2D eigenvalue weighted by molar-refractivity contribution is -0.138. The van der Waals surface area contributed by atoms with Crippen molar-refractivity contribution in [2.24, 2.45) is 0 Å². The van der Waals surface area contributed by atoms with E-state index in [4.69, 9.17) is 5.11 Å². The van der Waals surface area contributed by atoms with Gasteiger partial charge in [-0.15, -0.1) is 12.6 Å². The van der Waals surface area contributed by atoms with Crippen molar-refractivity contribution >= 4 is 58.1 Å². The first-order valence-corrected chi connectivity index (χ1v) is 7.64. The Bertz CT molecular complexity index is 378. The third kappa shape index (κ3) is 11.0. The molecule has 0 saturated heterocycles. The van der Waals surface area contributed by atoms with Crippen LogP contribution in [0, 0.1) is 0 Å². The number of hydrogen-bond acceptors (Lipinski definition) is 4. The molecule has 1 unspecified atom stereocenters. The van der Waals surface area contributed by atoms with Crippen LogP contribution in [0.15, 0.2) is 0 Å². The maximum Gasteiger partial charge on any atom is 0.304 e. The first kappa shape index (κ1) is 19.2. The lowest BCUT2D eigenvalue weighted by Crippen LogP contribution is -2.40. The standard InChI is InChI=1S/C11H17IN2O5S/c12-7(5-9(16)17)11(19)14-6-8(15)13-4-2-1-3-10(18)20/h7H,1-6H2,(H,13,15)(H,14,19)(H,16,17)(H,18,20). The number of alkyl halides is 1. The molecular formula is C11H17IN2O5S. The number of thiol groups is 1. The van der Waals surface area contributed by atoms with Crippen molar-refractivity contribution in [1.82, 2.24) is 10.6 Å². The van der Waals surface area contributed by atoms with Gasteiger partial charge in [0.2, 0.25) is 11.8 Å². The zero-order chi connectivity index (χ0) is 15.5. The summed E-state index contributed by atoms with van der Waals surface area (Å²) in [4.78, 5) is 43.7. The molecule has 0 aliphatic rings. The van der Waals surface area contributed by atoms with Crippen LogP contribution in [-0.2, 0) is 19.2 Å². The number of carbonyl (C=O) groups excluding carboxylic acids is 3. The van der Waals surface area contributed by atoms with Gasteiger partial charge in [0.25, 0.3) is 0 Å². The number of carboxylic acid groups (broad SMARTS) is 1. The van der Waals surface area contributed by atoms with E-state index in [0.717, 1.165) is 0 Å². The summed E-state index contributed by atoms with van der Waals surface area (Å²) in [7, 11) is 0. The first-order valence-electron chi connectivity index (χ1n) is 5.95. The van der Waals surface area contributed by atoms with E-state index in [0.29, 0.717) is 25.8 Å². The number of amides is 2. The van der Waals surface area contributed by atoms with Gasteiger partial charge in [0.15, 0.2) is 5.12 Å². The van der Waals surface area contributed by atoms with Crippen LogP contribution in [-0.4, -0.2) is 45.0 Å². The molecule has 0 aliphatic heterocycles. The molecule has 0 bridgehead atoms. The average Bonchev–Trinajstić information content (AvgIpc) is 2.34. The molecule has 0 saturated carbocycles. The smallest absolute Gasteiger partial charge is 0.304 e. The minimum absolute atomic E-state index is 0.185. The zero-order valence-corrected chi connectivity index (χ0v) is 13.8. The highest BCUT2D eigenvalue weighted by Crippen LogP contribution is 2.05. The number of nitrogens with one attached hydrogen (secondary N) is 2. The van der Waals surface area contributed by atoms with Crippen molar-refractivity contribution < 1.29 is 24.3 Å². The molecule has 9 heteroatoms. The lowest BCUT2D eigenvalue weighted by atomic mass is 10.2. The molecule has 0 aromatic heterocycles. The zero-order valence-electron chi connectivity index (χ0n) is 10.7. The van der Waals surface area contributed by atoms with E-state index in [1.165, 1.54) is 0 Å². The second-order valence-electron chi connectivity index (χ2n) is 3.98. The Hall–Kier alpha value is -0.840. The van der Waals surface area contributed by atoms with Crippen LogP contribution in [0.2, 0.25) is 0 Å². The van der Waals surface area contributed by atoms with Gasteiger partial charge in [-0.25, -0.2) is 0 Å². The molecule has 1 atom stereocenters. The van der Waals surface area contributed by atoms with E-state index >= 15 is 0 Å². The maximum absolute atomic E-state index is 11.4. The van der Waals surface area contributed by atoms with Crippen molar-refractivity contribution in [1.29, 1.82) is 0 Å². The highest BCUT2D eigenvalue weighted by atomic mass is 127. The first-order chi connectivity index (χ1) is 9.32. The van der Waals surface area contributed by atoms with E-state index in [2.05, 4.69) is 23.3 Å². The second-order valence-corrected chi connectivity index (χ2v) is 5.99. The van der Waals surface area contributed by atoms with Gasteiger partial charge in [0.05, 0.1) is 13.0 Å². The molecule has 0 fully saturated rings. The number of unbranched alkanes of at least 4 members (excludes halogenated alkanes) is 1. The van der Waals surface area contributed by atoms with Crippen LogP contribution in [0.1, 0.15) is 25.7 Å². The fourth-order valence-corrected chi connectivity index (χ4v) is 1.97. The van der Waals surface area contributed by atoms with Gasteiger partial charge in [0.1, 0.15) is 3.92 Å². The predicted molar refractivity (Wildman–Crippen MR) is 83.9 cm³/mol. The summed E-state index contributed by atoms with van der Waals surface area (Å²) in [5.74, 6) is -1.90. The van der Waals surface area contributed by atoms with Gasteiger partial charge < -0.3 is 15.7 Å². The average molecular weight is 416 g/mol. The molecule has 7 nitrogen and oxygen atoms in total. The van der Waals surface area contributed by atoms with Gasteiger partial charge in [-0.3, -0.25) is 19.2 Å². The van der Waals surface area contributed by atoms with Gasteiger partial charge in [-0.2, -0.15) is 0 Å². The normalized spacial score (nSPS) is 11.5. The van der Waals surface area contributed by atoms with E-state index in [1.807, 2.05) is 0 Å². The maximum atomic E-state index is 11.4. The van der Waals surface area contributed by atoms with Crippen LogP contribution in [0.5, 0.6) is 0 Å². The van der Waals surface area contributed by atoms with E-state index in [9.17, 15) is 19.2 Å². The Morgan fingerprint density at radius 2 is 1.80 bits per heavy atom. The number of hydrogen-bond donors (Lipinski definition) is 4. The summed E-state index contributed by atoms with van der Waals surface area (Å²) < 4.78 is -0.709. The van der Waals surface area contributed by atoms with Crippen molar-refractivity contribution in [3.8, 4) is 0 Å². The summed E-state index contributed by atoms with van der Waals surface area (Å²) in [6, 6.07) is 0. The van der Waals surface area contributed by atoms with Crippen molar-refractivity contribution in [2.45, 2.75) is 29.6 Å². The Kier molecular flexibility index (Phi) is 10.4. The number of carboxylic acids is 1. The number of aliphatic carboxylic acids is 1. The van der Waals surface area contributed by atoms with Crippen LogP contribution < -0.4 is 10.6 Å². The number of rotatable bonds is 10. The van der Waals surface area contributed by atoms with Crippen molar-refractivity contribution in [3.05, 3.63) is 0 Å². The molecule has 3 N–H and O–H groups in total. The Balaban J connectivity index is 3.69. The molecule has 0 heterocycles. The fraction of sp³-hybridized carbons (Fsp3) is 0.636. The third-order valence-electron chi connectivity index (χ3n) is 2.20. The Morgan fingerprint density at radius 1 is 1.15 bits per heavy atom.